The van der Waals surface area contributed by atoms with Gasteiger partial charge in [0.1, 0.15) is 5.01 Å². The average molecular weight is 471 g/mol. The molecule has 0 atom stereocenters. The zero-order valence-electron chi connectivity index (χ0n) is 17.9. The molecule has 7 nitrogen and oxygen atoms in total. The molecule has 1 aliphatic heterocycles. The lowest BCUT2D eigenvalue weighted by molar-refractivity contribution is 0.0627. The summed E-state index contributed by atoms with van der Waals surface area (Å²) in [7, 11) is -3.38. The van der Waals surface area contributed by atoms with Crippen LogP contribution in [0.4, 0.5) is 5.69 Å². The summed E-state index contributed by atoms with van der Waals surface area (Å²) in [6, 6.07) is 16.8. The molecule has 0 aliphatic carbocycles. The number of anilines is 1. The van der Waals surface area contributed by atoms with E-state index >= 15 is 0 Å². The van der Waals surface area contributed by atoms with Crippen molar-refractivity contribution < 1.29 is 13.2 Å². The van der Waals surface area contributed by atoms with Gasteiger partial charge in [-0.2, -0.15) is 0 Å². The molecule has 1 N–H and O–H groups in total. The van der Waals surface area contributed by atoms with E-state index in [0.717, 1.165) is 35.9 Å². The Balaban J connectivity index is 1.33. The first kappa shape index (κ1) is 22.4. The van der Waals surface area contributed by atoms with Gasteiger partial charge in [0.2, 0.25) is 10.0 Å². The van der Waals surface area contributed by atoms with Gasteiger partial charge in [0.15, 0.2) is 0 Å². The standard InChI is InChI=1S/C23H26N4O3S2/c1-2-32(29,30)25-20-10-6-9-19(15-20)23(28)27-13-11-26(12-14-27)16-21-17-31-22(24-21)18-7-4-3-5-8-18/h3-10,15,17,25H,2,11-14,16H2,1H3. The van der Waals surface area contributed by atoms with E-state index in [0.29, 0.717) is 24.3 Å². The van der Waals surface area contributed by atoms with Gasteiger partial charge < -0.3 is 4.90 Å². The molecule has 1 aromatic heterocycles. The Hall–Kier alpha value is -2.75. The number of nitrogens with zero attached hydrogens (tertiary/aromatic N) is 3. The molecule has 1 fully saturated rings. The van der Waals surface area contributed by atoms with Gasteiger partial charge in [-0.15, -0.1) is 11.3 Å². The van der Waals surface area contributed by atoms with Crippen LogP contribution in [0.25, 0.3) is 10.6 Å². The topological polar surface area (TPSA) is 82.6 Å². The molecule has 0 saturated carbocycles. The van der Waals surface area contributed by atoms with E-state index in [4.69, 9.17) is 4.98 Å². The highest BCUT2D eigenvalue weighted by molar-refractivity contribution is 7.92. The zero-order valence-corrected chi connectivity index (χ0v) is 19.5. The minimum absolute atomic E-state index is 0.0149. The number of benzene rings is 2. The minimum Gasteiger partial charge on any atom is -0.336 e. The smallest absolute Gasteiger partial charge is 0.254 e. The molecule has 9 heteroatoms. The molecule has 1 amide bonds. The number of nitrogens with one attached hydrogen (secondary N) is 1. The molecule has 168 valence electrons. The van der Waals surface area contributed by atoms with E-state index < -0.39 is 10.0 Å². The Morgan fingerprint density at radius 3 is 2.53 bits per heavy atom. The van der Waals surface area contributed by atoms with E-state index in [2.05, 4.69) is 27.1 Å². The Morgan fingerprint density at radius 2 is 1.81 bits per heavy atom. The number of carbonyl (C=O) groups excluding carboxylic acids is 1. The predicted molar refractivity (Wildman–Crippen MR) is 128 cm³/mol. The fraction of sp³-hybridized carbons (Fsp3) is 0.304. The third kappa shape index (κ3) is 5.53. The van der Waals surface area contributed by atoms with E-state index in [1.807, 2.05) is 23.1 Å². The van der Waals surface area contributed by atoms with E-state index in [1.54, 1.807) is 42.5 Å². The van der Waals surface area contributed by atoms with Crippen molar-refractivity contribution in [2.45, 2.75) is 13.5 Å². The number of hydrogen-bond acceptors (Lipinski definition) is 6. The van der Waals surface area contributed by atoms with Crippen molar-refractivity contribution in [2.75, 3.05) is 36.7 Å². The van der Waals surface area contributed by atoms with Crippen LogP contribution in [-0.2, 0) is 16.6 Å². The van der Waals surface area contributed by atoms with Crippen molar-refractivity contribution in [3.63, 3.8) is 0 Å². The molecule has 0 unspecified atom stereocenters. The molecule has 2 aromatic carbocycles. The fourth-order valence-corrected chi connectivity index (χ4v) is 5.03. The molecule has 0 spiro atoms. The number of sulfonamides is 1. The number of rotatable bonds is 7. The number of hydrogen-bond donors (Lipinski definition) is 1. The zero-order chi connectivity index (χ0) is 22.6. The largest absolute Gasteiger partial charge is 0.336 e. The molecule has 3 aromatic rings. The van der Waals surface area contributed by atoms with Gasteiger partial charge in [-0.05, 0) is 25.1 Å². The quantitative estimate of drug-likeness (QED) is 0.571. The van der Waals surface area contributed by atoms with Crippen molar-refractivity contribution in [2.24, 2.45) is 0 Å². The van der Waals surface area contributed by atoms with Gasteiger partial charge in [0.25, 0.3) is 5.91 Å². The van der Waals surface area contributed by atoms with E-state index in [9.17, 15) is 13.2 Å². The second kappa shape index (κ2) is 9.81. The Kier molecular flexibility index (Phi) is 6.88. The second-order valence-electron chi connectivity index (χ2n) is 7.66. The van der Waals surface area contributed by atoms with Gasteiger partial charge in [0, 0.05) is 54.9 Å². The third-order valence-electron chi connectivity index (χ3n) is 5.38. The van der Waals surface area contributed by atoms with Crippen molar-refractivity contribution in [3.05, 3.63) is 71.2 Å². The van der Waals surface area contributed by atoms with E-state index in [1.165, 1.54) is 0 Å². The second-order valence-corrected chi connectivity index (χ2v) is 10.5. The molecule has 2 heterocycles. The Bertz CT molecular complexity index is 1170. The molecule has 1 saturated heterocycles. The number of thiazole rings is 1. The van der Waals surface area contributed by atoms with Crippen molar-refractivity contribution >= 4 is 33.0 Å². The molecule has 32 heavy (non-hydrogen) atoms. The summed E-state index contributed by atoms with van der Waals surface area (Å²) in [6.45, 7) is 5.13. The van der Waals surface area contributed by atoms with Gasteiger partial charge in [-0.25, -0.2) is 13.4 Å². The van der Waals surface area contributed by atoms with Crippen LogP contribution in [0.5, 0.6) is 0 Å². The molecular formula is C23H26N4O3S2. The van der Waals surface area contributed by atoms with Crippen molar-refractivity contribution in [1.82, 2.24) is 14.8 Å². The number of amides is 1. The number of aromatic nitrogens is 1. The minimum atomic E-state index is -3.38. The van der Waals surface area contributed by atoms with Crippen LogP contribution in [0, 0.1) is 0 Å². The summed E-state index contributed by atoms with van der Waals surface area (Å²) in [4.78, 5) is 21.8. The number of carbonyl (C=O) groups is 1. The Morgan fingerprint density at radius 1 is 1.06 bits per heavy atom. The molecule has 0 bridgehead atoms. The summed E-state index contributed by atoms with van der Waals surface area (Å²) < 4.78 is 26.1. The van der Waals surface area contributed by atoms with Crippen LogP contribution < -0.4 is 4.72 Å². The fourth-order valence-electron chi connectivity index (χ4n) is 3.58. The highest BCUT2D eigenvalue weighted by atomic mass is 32.2. The SMILES string of the molecule is CCS(=O)(=O)Nc1cccc(C(=O)N2CCN(Cc3csc(-c4ccccc4)n3)CC2)c1. The maximum absolute atomic E-state index is 12.9. The summed E-state index contributed by atoms with van der Waals surface area (Å²) >= 11 is 1.65. The summed E-state index contributed by atoms with van der Waals surface area (Å²) in [5.74, 6) is -0.0962. The van der Waals surface area contributed by atoms with Crippen LogP contribution in [0.1, 0.15) is 23.0 Å². The molecular weight excluding hydrogens is 444 g/mol. The van der Waals surface area contributed by atoms with Crippen LogP contribution in [0.15, 0.2) is 60.0 Å². The first-order valence-corrected chi connectivity index (χ1v) is 13.1. The van der Waals surface area contributed by atoms with Gasteiger partial charge >= 0.3 is 0 Å². The Labute approximate surface area is 192 Å². The van der Waals surface area contributed by atoms with Crippen LogP contribution in [0.3, 0.4) is 0 Å². The maximum atomic E-state index is 12.9. The maximum Gasteiger partial charge on any atom is 0.254 e. The first-order chi connectivity index (χ1) is 15.4. The molecule has 0 radical (unpaired) electrons. The predicted octanol–water partition coefficient (Wildman–Crippen LogP) is 3.53. The summed E-state index contributed by atoms with van der Waals surface area (Å²) in [6.07, 6.45) is 0. The highest BCUT2D eigenvalue weighted by Gasteiger charge is 2.23. The average Bonchev–Trinajstić information content (AvgIpc) is 3.28. The van der Waals surface area contributed by atoms with Crippen LogP contribution in [-0.4, -0.2) is 61.0 Å². The summed E-state index contributed by atoms with van der Waals surface area (Å²) in [5, 5.41) is 3.12. The van der Waals surface area contributed by atoms with Crippen LogP contribution in [0.2, 0.25) is 0 Å². The lowest BCUT2D eigenvalue weighted by Gasteiger charge is -2.34. The number of piperazine rings is 1. The highest BCUT2D eigenvalue weighted by Crippen LogP contribution is 2.24. The van der Waals surface area contributed by atoms with Crippen LogP contribution >= 0.6 is 11.3 Å². The lowest BCUT2D eigenvalue weighted by atomic mass is 10.1. The molecule has 4 rings (SSSR count). The third-order valence-corrected chi connectivity index (χ3v) is 7.63. The van der Waals surface area contributed by atoms with Gasteiger partial charge in [0.05, 0.1) is 11.4 Å². The van der Waals surface area contributed by atoms with Gasteiger partial charge in [-0.1, -0.05) is 36.4 Å². The van der Waals surface area contributed by atoms with Crippen molar-refractivity contribution in [3.8, 4) is 10.6 Å². The van der Waals surface area contributed by atoms with Gasteiger partial charge in [-0.3, -0.25) is 14.4 Å². The monoisotopic (exact) mass is 470 g/mol. The normalized spacial score (nSPS) is 15.0. The first-order valence-electron chi connectivity index (χ1n) is 10.6. The molecule has 1 aliphatic rings. The lowest BCUT2D eigenvalue weighted by Crippen LogP contribution is -2.48. The van der Waals surface area contributed by atoms with E-state index in [-0.39, 0.29) is 11.7 Å². The summed E-state index contributed by atoms with van der Waals surface area (Å²) in [5.41, 5.74) is 3.07. The van der Waals surface area contributed by atoms with Crippen molar-refractivity contribution in [1.29, 1.82) is 0 Å².